The number of Topliss-reactive ketones (excluding diaryl/α,β-unsaturated/α-hetero) is 1. The molecule has 3 aliphatic rings. The van der Waals surface area contributed by atoms with Crippen molar-refractivity contribution in [2.45, 2.75) is 14.1 Å². The number of hydrogen-bond donors (Lipinski definition) is 0. The number of fused-ring (bicyclic) bond motifs is 5. The summed E-state index contributed by atoms with van der Waals surface area (Å²) in [5, 5.41) is 1.10. The number of nitrogens with zero attached hydrogens (tertiary/aromatic N) is 2. The number of alkyl halides is 4. The zero-order chi connectivity index (χ0) is 27.9. The molecule has 0 radical (unpaired) electrons. The molecule has 4 atom stereocenters. The van der Waals surface area contributed by atoms with Crippen LogP contribution in [0.2, 0.25) is 5.02 Å². The first-order chi connectivity index (χ1) is 17.7. The van der Waals surface area contributed by atoms with E-state index in [2.05, 4.69) is 15.9 Å². The number of amides is 3. The quantitative estimate of drug-likeness (QED) is 0.194. The molecule has 1 saturated heterocycles. The van der Waals surface area contributed by atoms with Crippen molar-refractivity contribution in [1.29, 1.82) is 0 Å². The Morgan fingerprint density at radius 2 is 1.24 bits per heavy atom. The maximum absolute atomic E-state index is 13.9. The summed E-state index contributed by atoms with van der Waals surface area (Å²) in [6.07, 6.45) is 0. The third-order valence-electron chi connectivity index (χ3n) is 6.91. The number of allylic oxidation sites excluding steroid dienone is 2. The summed E-state index contributed by atoms with van der Waals surface area (Å²) >= 11 is 48.6. The summed E-state index contributed by atoms with van der Waals surface area (Å²) in [6.45, 7) is -0.674. The first kappa shape index (κ1) is 28.5. The highest BCUT2D eigenvalue weighted by Crippen LogP contribution is 2.77. The van der Waals surface area contributed by atoms with Gasteiger partial charge in [-0.25, -0.2) is 5.01 Å². The lowest BCUT2D eigenvalue weighted by Crippen LogP contribution is -2.56. The molecule has 0 N–H and O–H groups in total. The Hall–Kier alpha value is -1.03. The van der Waals surface area contributed by atoms with E-state index >= 15 is 0 Å². The summed E-state index contributed by atoms with van der Waals surface area (Å²) in [4.78, 5) is 50.5. The van der Waals surface area contributed by atoms with Crippen molar-refractivity contribution in [3.05, 3.63) is 79.2 Å². The van der Waals surface area contributed by atoms with E-state index in [0.29, 0.717) is 10.0 Å². The number of benzene rings is 2. The Morgan fingerprint density at radius 1 is 0.789 bits per heavy atom. The Kier molecular flexibility index (Phi) is 7.14. The Bertz CT molecular complexity index is 1400. The molecule has 38 heavy (non-hydrogen) atoms. The molecular weight excluding hydrogens is 708 g/mol. The molecule has 2 fully saturated rings. The zero-order valence-corrected chi connectivity index (χ0v) is 25.4. The van der Waals surface area contributed by atoms with Gasteiger partial charge >= 0.3 is 0 Å². The van der Waals surface area contributed by atoms with E-state index in [1.165, 1.54) is 36.4 Å². The number of carbonyl (C=O) groups excluding carboxylic acids is 4. The molecule has 2 bridgehead atoms. The van der Waals surface area contributed by atoms with Gasteiger partial charge in [0.25, 0.3) is 17.7 Å². The SMILES string of the molecule is O=C(CN(C(=O)c1ccc(Cl)cc1)N1C(=O)[C@@H]2[C@@H](C1=O)[C@@]1(Cl)C(Cl)=C(Cl)[C@@]2(Cl)C1(Cl)Cl)c1ccc(Br)cc1. The summed E-state index contributed by atoms with van der Waals surface area (Å²) in [5.74, 6) is -6.25. The topological polar surface area (TPSA) is 74.8 Å². The van der Waals surface area contributed by atoms with Crippen molar-refractivity contribution in [3.63, 3.8) is 0 Å². The van der Waals surface area contributed by atoms with Crippen LogP contribution < -0.4 is 0 Å². The molecule has 2 aliphatic carbocycles. The van der Waals surface area contributed by atoms with Crippen LogP contribution >= 0.6 is 97.1 Å². The highest BCUT2D eigenvalue weighted by atomic mass is 79.9. The first-order valence-electron chi connectivity index (χ1n) is 10.7. The second-order valence-corrected chi connectivity index (χ2v) is 13.5. The summed E-state index contributed by atoms with van der Waals surface area (Å²) in [7, 11) is 0. The maximum atomic E-state index is 13.9. The number of hydrazine groups is 1. The number of imide groups is 1. The molecule has 5 rings (SSSR count). The van der Waals surface area contributed by atoms with Crippen LogP contribution in [0.3, 0.4) is 0 Å². The van der Waals surface area contributed by atoms with Crippen molar-refractivity contribution < 1.29 is 19.2 Å². The van der Waals surface area contributed by atoms with Gasteiger partial charge in [-0.05, 0) is 36.4 Å². The van der Waals surface area contributed by atoms with E-state index in [4.69, 9.17) is 81.2 Å². The van der Waals surface area contributed by atoms with Gasteiger partial charge in [0.2, 0.25) is 0 Å². The number of rotatable bonds is 5. The van der Waals surface area contributed by atoms with E-state index in [9.17, 15) is 19.2 Å². The number of hydrogen-bond acceptors (Lipinski definition) is 4. The van der Waals surface area contributed by atoms with E-state index in [0.717, 1.165) is 9.48 Å². The molecule has 2 aromatic rings. The molecule has 1 saturated carbocycles. The highest BCUT2D eigenvalue weighted by Gasteiger charge is 2.88. The average Bonchev–Trinajstić information content (AvgIpc) is 3.26. The molecule has 0 spiro atoms. The van der Waals surface area contributed by atoms with Crippen LogP contribution in [-0.2, 0) is 9.59 Å². The molecule has 6 nitrogen and oxygen atoms in total. The minimum atomic E-state index is -2.14. The van der Waals surface area contributed by atoms with Crippen molar-refractivity contribution in [1.82, 2.24) is 10.0 Å². The maximum Gasteiger partial charge on any atom is 0.273 e. The summed E-state index contributed by atoms with van der Waals surface area (Å²) in [6, 6.07) is 12.0. The normalized spacial score (nSPS) is 29.2. The molecule has 1 heterocycles. The number of carbonyl (C=O) groups is 4. The second-order valence-electron chi connectivity index (χ2n) is 8.87. The number of ketones is 1. The van der Waals surface area contributed by atoms with Gasteiger partial charge in [-0.2, -0.15) is 5.01 Å². The fraction of sp³-hybridized carbons (Fsp3) is 0.250. The third-order valence-corrected chi connectivity index (χ3v) is 12.0. The summed E-state index contributed by atoms with van der Waals surface area (Å²) < 4.78 is -1.41. The van der Waals surface area contributed by atoms with Crippen molar-refractivity contribution in [3.8, 4) is 0 Å². The molecule has 198 valence electrons. The van der Waals surface area contributed by atoms with E-state index in [1.54, 1.807) is 12.1 Å². The van der Waals surface area contributed by atoms with E-state index in [-0.39, 0.29) is 21.2 Å². The van der Waals surface area contributed by atoms with Crippen LogP contribution in [0.15, 0.2) is 63.1 Å². The van der Waals surface area contributed by atoms with Crippen molar-refractivity contribution >= 4 is 121 Å². The van der Waals surface area contributed by atoms with Gasteiger partial charge in [0.1, 0.15) is 16.3 Å². The van der Waals surface area contributed by atoms with Crippen LogP contribution in [-0.4, -0.2) is 54.1 Å². The van der Waals surface area contributed by atoms with Gasteiger partial charge in [-0.1, -0.05) is 86.1 Å². The average molecular weight is 720 g/mol. The van der Waals surface area contributed by atoms with Crippen LogP contribution in [0.1, 0.15) is 20.7 Å². The third kappa shape index (κ3) is 3.66. The van der Waals surface area contributed by atoms with Crippen LogP contribution in [0, 0.1) is 11.8 Å². The minimum absolute atomic E-state index is 0.0537. The Labute approximate surface area is 259 Å². The van der Waals surface area contributed by atoms with E-state index < -0.39 is 56.0 Å². The fourth-order valence-corrected chi connectivity index (χ4v) is 8.38. The molecule has 1 aliphatic heterocycles. The van der Waals surface area contributed by atoms with Crippen LogP contribution in [0.5, 0.6) is 0 Å². The second kappa shape index (κ2) is 9.52. The lowest BCUT2D eigenvalue weighted by atomic mass is 9.84. The van der Waals surface area contributed by atoms with Gasteiger partial charge in [0.15, 0.2) is 10.1 Å². The smallest absolute Gasteiger partial charge is 0.273 e. The lowest BCUT2D eigenvalue weighted by Gasteiger charge is -2.36. The minimum Gasteiger partial charge on any atom is -0.292 e. The lowest BCUT2D eigenvalue weighted by molar-refractivity contribution is -0.154. The molecule has 2 aromatic carbocycles. The Balaban J connectivity index is 1.59. The zero-order valence-electron chi connectivity index (χ0n) is 18.5. The monoisotopic (exact) mass is 716 g/mol. The highest BCUT2D eigenvalue weighted by molar-refractivity contribution is 9.10. The molecule has 3 amide bonds. The molecule has 0 aromatic heterocycles. The first-order valence-corrected chi connectivity index (χ1v) is 14.2. The predicted molar refractivity (Wildman–Crippen MR) is 150 cm³/mol. The standard InChI is InChI=1S/C24H12BrCl7N2O4/c25-12-5-1-10(2-6-12)14(35)9-33(19(36)11-3-7-13(26)8-4-11)34-20(37)15-16(21(34)38)23(30)18(28)17(27)22(15,29)24(23,31)32/h1-8,15-16H,9H2/t15-,16-,22+,23+/m0/s1. The van der Waals surface area contributed by atoms with Gasteiger partial charge < -0.3 is 0 Å². The molecule has 14 heteroatoms. The Morgan fingerprint density at radius 3 is 1.71 bits per heavy atom. The van der Waals surface area contributed by atoms with Crippen LogP contribution in [0.25, 0.3) is 0 Å². The van der Waals surface area contributed by atoms with Crippen molar-refractivity contribution in [2.24, 2.45) is 11.8 Å². The predicted octanol–water partition coefficient (Wildman–Crippen LogP) is 6.79. The molecular formula is C24H12BrCl7N2O4. The van der Waals surface area contributed by atoms with Gasteiger partial charge in [0, 0.05) is 20.6 Å². The van der Waals surface area contributed by atoms with Crippen LogP contribution in [0.4, 0.5) is 0 Å². The largest absolute Gasteiger partial charge is 0.292 e. The van der Waals surface area contributed by atoms with Gasteiger partial charge in [0.05, 0.1) is 21.9 Å². The van der Waals surface area contributed by atoms with Crippen molar-refractivity contribution in [2.75, 3.05) is 6.54 Å². The van der Waals surface area contributed by atoms with E-state index in [1.807, 2.05) is 0 Å². The van der Waals surface area contributed by atoms with Gasteiger partial charge in [-0.15, -0.1) is 23.2 Å². The summed E-state index contributed by atoms with van der Waals surface area (Å²) in [5.41, 5.74) is 0.287. The number of halogens is 8. The fourth-order valence-electron chi connectivity index (χ4n) is 5.06. The molecule has 0 unspecified atom stereocenters. The van der Waals surface area contributed by atoms with Gasteiger partial charge in [-0.3, -0.25) is 19.2 Å².